The Morgan fingerprint density at radius 2 is 2.14 bits per heavy atom. The molecular weight excluding hydrogens is 268 g/mol. The van der Waals surface area contributed by atoms with Crippen LogP contribution in [0.15, 0.2) is 18.2 Å². The maximum absolute atomic E-state index is 11.7. The van der Waals surface area contributed by atoms with Crippen LogP contribution in [0.3, 0.4) is 0 Å². The van der Waals surface area contributed by atoms with E-state index in [0.717, 1.165) is 25.3 Å². The van der Waals surface area contributed by atoms with E-state index < -0.39 is 0 Å². The molecule has 0 aliphatic carbocycles. The fourth-order valence-electron chi connectivity index (χ4n) is 1.77. The summed E-state index contributed by atoms with van der Waals surface area (Å²) < 4.78 is 10.5. The van der Waals surface area contributed by atoms with Gasteiger partial charge in [0.1, 0.15) is 0 Å². The number of hydrogen-bond donors (Lipinski definition) is 2. The van der Waals surface area contributed by atoms with Crippen molar-refractivity contribution >= 4 is 17.3 Å². The van der Waals surface area contributed by atoms with E-state index in [4.69, 9.17) is 15.2 Å². The molecule has 0 amide bonds. The number of carbonyl (C=O) groups excluding carboxylic acids is 1. The van der Waals surface area contributed by atoms with Crippen molar-refractivity contribution in [1.82, 2.24) is 0 Å². The van der Waals surface area contributed by atoms with E-state index in [1.807, 2.05) is 0 Å². The molecule has 21 heavy (non-hydrogen) atoms. The van der Waals surface area contributed by atoms with Gasteiger partial charge >= 0.3 is 5.97 Å². The summed E-state index contributed by atoms with van der Waals surface area (Å²) in [5, 5.41) is 3.23. The van der Waals surface area contributed by atoms with Crippen LogP contribution >= 0.6 is 0 Å². The molecule has 5 heteroatoms. The van der Waals surface area contributed by atoms with Gasteiger partial charge in [-0.2, -0.15) is 0 Å². The third kappa shape index (κ3) is 6.49. The number of benzene rings is 1. The molecule has 0 radical (unpaired) electrons. The highest BCUT2D eigenvalue weighted by atomic mass is 16.5. The number of nitrogens with one attached hydrogen (secondary N) is 1. The lowest BCUT2D eigenvalue weighted by molar-refractivity contribution is 0.0526. The second kappa shape index (κ2) is 9.23. The third-order valence-electron chi connectivity index (χ3n) is 2.80. The summed E-state index contributed by atoms with van der Waals surface area (Å²) in [5.74, 6) is 0.218. The van der Waals surface area contributed by atoms with Gasteiger partial charge < -0.3 is 20.5 Å². The van der Waals surface area contributed by atoms with Crippen LogP contribution in [-0.4, -0.2) is 32.3 Å². The van der Waals surface area contributed by atoms with Gasteiger partial charge in [-0.1, -0.05) is 13.8 Å². The van der Waals surface area contributed by atoms with Gasteiger partial charge in [0.2, 0.25) is 0 Å². The number of esters is 1. The molecule has 0 bridgehead atoms. The molecule has 5 nitrogen and oxygen atoms in total. The van der Waals surface area contributed by atoms with Crippen LogP contribution in [-0.2, 0) is 9.47 Å². The Bertz CT molecular complexity index is 447. The monoisotopic (exact) mass is 294 g/mol. The molecule has 0 aliphatic heterocycles. The Kier molecular flexibility index (Phi) is 7.61. The second-order valence-corrected chi connectivity index (χ2v) is 5.27. The molecule has 0 unspecified atom stereocenters. The first-order valence-electron chi connectivity index (χ1n) is 7.42. The SMILES string of the molecule is CCOC(=O)c1ccc(N)c(NCCCOCC(C)C)c1. The Morgan fingerprint density at radius 1 is 1.38 bits per heavy atom. The van der Waals surface area contributed by atoms with Crippen LogP contribution in [0.5, 0.6) is 0 Å². The number of nitrogen functional groups attached to an aromatic ring is 1. The lowest BCUT2D eigenvalue weighted by Crippen LogP contribution is -2.11. The minimum atomic E-state index is -0.333. The molecule has 1 aromatic rings. The molecule has 0 spiro atoms. The molecule has 0 aromatic heterocycles. The molecule has 0 aliphatic rings. The van der Waals surface area contributed by atoms with Crippen LogP contribution in [0.25, 0.3) is 0 Å². The van der Waals surface area contributed by atoms with Crippen molar-refractivity contribution < 1.29 is 14.3 Å². The molecule has 0 fully saturated rings. The van der Waals surface area contributed by atoms with Crippen molar-refractivity contribution in [2.75, 3.05) is 37.4 Å². The molecule has 1 rings (SSSR count). The van der Waals surface area contributed by atoms with Crippen LogP contribution in [0, 0.1) is 5.92 Å². The number of nitrogens with two attached hydrogens (primary N) is 1. The first-order chi connectivity index (χ1) is 10.0. The van der Waals surface area contributed by atoms with Crippen molar-refractivity contribution in [1.29, 1.82) is 0 Å². The normalized spacial score (nSPS) is 10.7. The van der Waals surface area contributed by atoms with Gasteiger partial charge in [0.25, 0.3) is 0 Å². The van der Waals surface area contributed by atoms with E-state index in [9.17, 15) is 4.79 Å². The number of hydrogen-bond acceptors (Lipinski definition) is 5. The molecule has 0 saturated heterocycles. The number of rotatable bonds is 9. The van der Waals surface area contributed by atoms with Gasteiger partial charge in [0, 0.05) is 19.8 Å². The molecular formula is C16H26N2O3. The Morgan fingerprint density at radius 3 is 2.81 bits per heavy atom. The fraction of sp³-hybridized carbons (Fsp3) is 0.562. The van der Waals surface area contributed by atoms with Crippen LogP contribution in [0.4, 0.5) is 11.4 Å². The molecule has 3 N–H and O–H groups in total. The van der Waals surface area contributed by atoms with Crippen molar-refractivity contribution in [3.8, 4) is 0 Å². The summed E-state index contributed by atoms with van der Waals surface area (Å²) in [5.41, 5.74) is 7.77. The number of ether oxygens (including phenoxy) is 2. The minimum absolute atomic E-state index is 0.333. The van der Waals surface area contributed by atoms with Crippen LogP contribution in [0.2, 0.25) is 0 Å². The maximum atomic E-state index is 11.7. The Hall–Kier alpha value is -1.75. The predicted molar refractivity (Wildman–Crippen MR) is 85.6 cm³/mol. The summed E-state index contributed by atoms with van der Waals surface area (Å²) in [7, 11) is 0. The van der Waals surface area contributed by atoms with E-state index in [2.05, 4.69) is 19.2 Å². The van der Waals surface area contributed by atoms with E-state index in [1.165, 1.54) is 0 Å². The van der Waals surface area contributed by atoms with E-state index in [-0.39, 0.29) is 5.97 Å². The zero-order chi connectivity index (χ0) is 15.7. The second-order valence-electron chi connectivity index (χ2n) is 5.27. The molecule has 118 valence electrons. The highest BCUT2D eigenvalue weighted by molar-refractivity contribution is 5.92. The minimum Gasteiger partial charge on any atom is -0.462 e. The maximum Gasteiger partial charge on any atom is 0.338 e. The van der Waals surface area contributed by atoms with Gasteiger partial charge in [-0.25, -0.2) is 4.79 Å². The first-order valence-corrected chi connectivity index (χ1v) is 7.42. The molecule has 0 atom stereocenters. The van der Waals surface area contributed by atoms with E-state index in [1.54, 1.807) is 25.1 Å². The van der Waals surface area contributed by atoms with Gasteiger partial charge in [-0.15, -0.1) is 0 Å². The first kappa shape index (κ1) is 17.3. The number of anilines is 2. The topological polar surface area (TPSA) is 73.6 Å². The molecule has 1 aromatic carbocycles. The smallest absolute Gasteiger partial charge is 0.338 e. The lowest BCUT2D eigenvalue weighted by Gasteiger charge is -2.11. The van der Waals surface area contributed by atoms with Gasteiger partial charge in [-0.05, 0) is 37.5 Å². The van der Waals surface area contributed by atoms with E-state index in [0.29, 0.717) is 30.4 Å². The quantitative estimate of drug-likeness (QED) is 0.416. The third-order valence-corrected chi connectivity index (χ3v) is 2.80. The molecule has 0 saturated carbocycles. The number of carbonyl (C=O) groups is 1. The highest BCUT2D eigenvalue weighted by Crippen LogP contribution is 2.20. The van der Waals surface area contributed by atoms with Crippen molar-refractivity contribution in [2.45, 2.75) is 27.2 Å². The predicted octanol–water partition coefficient (Wildman–Crippen LogP) is 2.92. The molecule has 0 heterocycles. The summed E-state index contributed by atoms with van der Waals surface area (Å²) in [6.45, 7) is 8.63. The summed E-state index contributed by atoms with van der Waals surface area (Å²) in [4.78, 5) is 11.7. The standard InChI is InChI=1S/C16H26N2O3/c1-4-21-16(19)13-6-7-14(17)15(10-13)18-8-5-9-20-11-12(2)3/h6-7,10,12,18H,4-5,8-9,11,17H2,1-3H3. The van der Waals surface area contributed by atoms with Crippen LogP contribution in [0.1, 0.15) is 37.6 Å². The van der Waals surface area contributed by atoms with E-state index >= 15 is 0 Å². The Labute approximate surface area is 126 Å². The van der Waals surface area contributed by atoms with Crippen LogP contribution < -0.4 is 11.1 Å². The zero-order valence-electron chi connectivity index (χ0n) is 13.1. The summed E-state index contributed by atoms with van der Waals surface area (Å²) in [6.07, 6.45) is 0.885. The van der Waals surface area contributed by atoms with Gasteiger partial charge in [0.05, 0.1) is 23.5 Å². The highest BCUT2D eigenvalue weighted by Gasteiger charge is 2.08. The average molecular weight is 294 g/mol. The van der Waals surface area contributed by atoms with Crippen molar-refractivity contribution in [3.05, 3.63) is 23.8 Å². The average Bonchev–Trinajstić information content (AvgIpc) is 2.44. The zero-order valence-corrected chi connectivity index (χ0v) is 13.1. The largest absolute Gasteiger partial charge is 0.462 e. The van der Waals surface area contributed by atoms with Gasteiger partial charge in [-0.3, -0.25) is 0 Å². The fourth-order valence-corrected chi connectivity index (χ4v) is 1.77. The van der Waals surface area contributed by atoms with Gasteiger partial charge in [0.15, 0.2) is 0 Å². The van der Waals surface area contributed by atoms with Crippen molar-refractivity contribution in [2.24, 2.45) is 5.92 Å². The summed E-state index contributed by atoms with van der Waals surface area (Å²) in [6, 6.07) is 5.11. The van der Waals surface area contributed by atoms with Crippen molar-refractivity contribution in [3.63, 3.8) is 0 Å². The summed E-state index contributed by atoms with van der Waals surface area (Å²) >= 11 is 0. The Balaban J connectivity index is 2.43. The lowest BCUT2D eigenvalue weighted by atomic mass is 10.1.